The number of hydrogen-bond donors (Lipinski definition) is 1. The van der Waals surface area contributed by atoms with E-state index >= 15 is 0 Å². The number of piperazine rings is 1. The van der Waals surface area contributed by atoms with Gasteiger partial charge in [-0.2, -0.15) is 13.2 Å². The Kier molecular flexibility index (Phi) is 8.25. The topological polar surface area (TPSA) is 55.5 Å². The number of imidazole rings is 1. The molecule has 0 aliphatic carbocycles. The van der Waals surface area contributed by atoms with Crippen molar-refractivity contribution in [2.24, 2.45) is 0 Å². The van der Waals surface area contributed by atoms with E-state index < -0.39 is 11.7 Å². The summed E-state index contributed by atoms with van der Waals surface area (Å²) in [6.07, 6.45) is -2.18. The van der Waals surface area contributed by atoms with Crippen LogP contribution in [-0.2, 0) is 19.3 Å². The minimum absolute atomic E-state index is 0.127. The van der Waals surface area contributed by atoms with Crippen molar-refractivity contribution >= 4 is 28.5 Å². The average molecular weight is 596 g/mol. The van der Waals surface area contributed by atoms with Gasteiger partial charge in [0, 0.05) is 44.3 Å². The van der Waals surface area contributed by atoms with Crippen molar-refractivity contribution < 1.29 is 18.0 Å². The molecule has 2 saturated heterocycles. The number of rotatable bonds is 6. The molecule has 3 heterocycles. The third-order valence-electron chi connectivity index (χ3n) is 8.43. The molecule has 2 fully saturated rings. The highest BCUT2D eigenvalue weighted by Gasteiger charge is 2.30. The van der Waals surface area contributed by atoms with E-state index in [1.165, 1.54) is 23.3 Å². The Labute approximate surface area is 248 Å². The lowest BCUT2D eigenvalue weighted by molar-refractivity contribution is -0.137. The fraction of sp³-hybridized carbons (Fsp3) is 0.375. The van der Waals surface area contributed by atoms with Gasteiger partial charge in [0.25, 0.3) is 5.91 Å². The van der Waals surface area contributed by atoms with Crippen LogP contribution in [0, 0.1) is 0 Å². The number of piperidine rings is 1. The Balaban J connectivity index is 1.02. The summed E-state index contributed by atoms with van der Waals surface area (Å²) in [5, 5.41) is 0.758. The molecule has 0 unspecified atom stereocenters. The van der Waals surface area contributed by atoms with E-state index in [-0.39, 0.29) is 5.91 Å². The fourth-order valence-corrected chi connectivity index (χ4v) is 6.10. The Morgan fingerprint density at radius 3 is 2.05 bits per heavy atom. The van der Waals surface area contributed by atoms with Crippen LogP contribution in [0.25, 0.3) is 11.0 Å². The lowest BCUT2D eigenvalue weighted by Gasteiger charge is -2.34. The number of amides is 1. The zero-order chi connectivity index (χ0) is 29.3. The number of nitrogens with zero attached hydrogens (tertiary/aromatic N) is 4. The summed E-state index contributed by atoms with van der Waals surface area (Å²) in [5.74, 6) is 0.685. The third kappa shape index (κ3) is 6.64. The molecule has 1 aromatic heterocycles. The SMILES string of the molecule is O=C(c1nc2ccc(C3CCN(Cc4ccc(Cl)cc4)CC3)cc2[nH]1)N1CCN(Cc2ccc(C(F)(F)F)cc2)CC1. The van der Waals surface area contributed by atoms with Gasteiger partial charge in [-0.3, -0.25) is 14.6 Å². The number of carbonyl (C=O) groups is 1. The number of likely N-dealkylation sites (tertiary alicyclic amines) is 1. The fourth-order valence-electron chi connectivity index (χ4n) is 5.97. The first-order valence-corrected chi connectivity index (χ1v) is 14.7. The van der Waals surface area contributed by atoms with Crippen molar-refractivity contribution in [1.82, 2.24) is 24.7 Å². The zero-order valence-electron chi connectivity index (χ0n) is 23.2. The maximum Gasteiger partial charge on any atom is 0.416 e. The number of benzene rings is 3. The molecule has 2 aliphatic rings. The maximum atomic E-state index is 13.3. The van der Waals surface area contributed by atoms with Gasteiger partial charge in [0.2, 0.25) is 0 Å². The van der Waals surface area contributed by atoms with Crippen molar-refractivity contribution in [1.29, 1.82) is 0 Å². The number of alkyl halides is 3. The van der Waals surface area contributed by atoms with Crippen molar-refractivity contribution in [3.05, 3.63) is 99.8 Å². The number of hydrogen-bond acceptors (Lipinski definition) is 4. The number of carbonyl (C=O) groups excluding carboxylic acids is 1. The molecule has 0 bridgehead atoms. The number of fused-ring (bicyclic) bond motifs is 1. The third-order valence-corrected chi connectivity index (χ3v) is 8.69. The number of nitrogens with one attached hydrogen (secondary N) is 1. The van der Waals surface area contributed by atoms with Crippen LogP contribution < -0.4 is 0 Å². The Morgan fingerprint density at radius 1 is 0.833 bits per heavy atom. The van der Waals surface area contributed by atoms with Gasteiger partial charge in [-0.15, -0.1) is 0 Å². The molecule has 1 amide bonds. The monoisotopic (exact) mass is 595 g/mol. The van der Waals surface area contributed by atoms with Crippen LogP contribution in [0.1, 0.15) is 51.6 Å². The molecular weight excluding hydrogens is 563 g/mol. The van der Waals surface area contributed by atoms with Crippen LogP contribution in [0.4, 0.5) is 13.2 Å². The molecule has 0 spiro atoms. The first kappa shape index (κ1) is 28.7. The summed E-state index contributed by atoms with van der Waals surface area (Å²) < 4.78 is 38.5. The van der Waals surface area contributed by atoms with Crippen LogP contribution in [0.15, 0.2) is 66.7 Å². The second-order valence-electron chi connectivity index (χ2n) is 11.3. The van der Waals surface area contributed by atoms with Gasteiger partial charge in [-0.05, 0) is 84.9 Å². The van der Waals surface area contributed by atoms with E-state index in [9.17, 15) is 18.0 Å². The first-order valence-electron chi connectivity index (χ1n) is 14.4. The smallest absolute Gasteiger partial charge is 0.334 e. The molecule has 220 valence electrons. The predicted molar refractivity (Wildman–Crippen MR) is 157 cm³/mol. The molecule has 2 aliphatic heterocycles. The van der Waals surface area contributed by atoms with Crippen LogP contribution in [0.3, 0.4) is 0 Å². The van der Waals surface area contributed by atoms with Gasteiger partial charge in [0.1, 0.15) is 0 Å². The highest BCUT2D eigenvalue weighted by molar-refractivity contribution is 6.30. The highest BCUT2D eigenvalue weighted by atomic mass is 35.5. The van der Waals surface area contributed by atoms with Gasteiger partial charge >= 0.3 is 6.18 Å². The summed E-state index contributed by atoms with van der Waals surface area (Å²) >= 11 is 6.02. The standard InChI is InChI=1S/C32H33ClF3N5O/c33-27-8-3-23(4-9-27)20-39-13-11-24(12-14-39)25-5-10-28-29(19-25)38-30(37-28)31(42)41-17-15-40(16-18-41)21-22-1-6-26(7-2-22)32(34,35)36/h1-10,19,24H,11-18,20-21H2,(H,37,38). The first-order chi connectivity index (χ1) is 20.2. The summed E-state index contributed by atoms with van der Waals surface area (Å²) in [6.45, 7) is 5.91. The Bertz CT molecular complexity index is 1520. The average Bonchev–Trinajstić information content (AvgIpc) is 3.42. The highest BCUT2D eigenvalue weighted by Crippen LogP contribution is 2.31. The molecule has 3 aromatic carbocycles. The van der Waals surface area contributed by atoms with E-state index in [1.54, 1.807) is 4.90 Å². The molecule has 1 N–H and O–H groups in total. The van der Waals surface area contributed by atoms with Crippen molar-refractivity contribution in [2.45, 2.75) is 38.0 Å². The van der Waals surface area contributed by atoms with E-state index in [0.29, 0.717) is 44.5 Å². The van der Waals surface area contributed by atoms with Crippen molar-refractivity contribution in [3.63, 3.8) is 0 Å². The quantitative estimate of drug-likeness (QED) is 0.274. The number of halogens is 4. The summed E-state index contributed by atoms with van der Waals surface area (Å²) in [6, 6.07) is 19.6. The molecule has 4 aromatic rings. The second kappa shape index (κ2) is 12.1. The zero-order valence-corrected chi connectivity index (χ0v) is 24.0. The number of aromatic nitrogens is 2. The van der Waals surface area contributed by atoms with E-state index in [4.69, 9.17) is 11.6 Å². The largest absolute Gasteiger partial charge is 0.416 e. The second-order valence-corrected chi connectivity index (χ2v) is 11.7. The van der Waals surface area contributed by atoms with Gasteiger partial charge < -0.3 is 9.88 Å². The molecule has 10 heteroatoms. The Hall–Kier alpha value is -3.40. The lowest BCUT2D eigenvalue weighted by Crippen LogP contribution is -2.48. The van der Waals surface area contributed by atoms with Crippen molar-refractivity contribution in [3.8, 4) is 0 Å². The summed E-state index contributed by atoms with van der Waals surface area (Å²) in [4.78, 5) is 27.5. The van der Waals surface area contributed by atoms with Gasteiger partial charge in [0.15, 0.2) is 5.82 Å². The molecule has 6 rings (SSSR count). The minimum atomic E-state index is -4.33. The van der Waals surface area contributed by atoms with Crippen LogP contribution in [0.2, 0.25) is 5.02 Å². The van der Waals surface area contributed by atoms with Gasteiger partial charge in [-0.25, -0.2) is 4.98 Å². The minimum Gasteiger partial charge on any atom is -0.334 e. The lowest BCUT2D eigenvalue weighted by atomic mass is 9.89. The summed E-state index contributed by atoms with van der Waals surface area (Å²) in [5.41, 5.74) is 4.38. The van der Waals surface area contributed by atoms with Crippen LogP contribution >= 0.6 is 11.6 Å². The van der Waals surface area contributed by atoms with E-state index in [1.807, 2.05) is 18.2 Å². The molecule has 0 radical (unpaired) electrons. The number of aromatic amines is 1. The molecular formula is C32H33ClF3N5O. The molecule has 42 heavy (non-hydrogen) atoms. The van der Waals surface area contributed by atoms with E-state index in [2.05, 4.69) is 44.0 Å². The van der Waals surface area contributed by atoms with Gasteiger partial charge in [0.05, 0.1) is 16.6 Å². The van der Waals surface area contributed by atoms with Crippen LogP contribution in [0.5, 0.6) is 0 Å². The summed E-state index contributed by atoms with van der Waals surface area (Å²) in [7, 11) is 0. The maximum absolute atomic E-state index is 13.3. The predicted octanol–water partition coefficient (Wildman–Crippen LogP) is 6.57. The molecule has 0 atom stereocenters. The van der Waals surface area contributed by atoms with Gasteiger partial charge in [-0.1, -0.05) is 41.9 Å². The molecule has 0 saturated carbocycles. The van der Waals surface area contributed by atoms with E-state index in [0.717, 1.165) is 66.2 Å². The normalized spacial score (nSPS) is 17.7. The van der Waals surface area contributed by atoms with Crippen molar-refractivity contribution in [2.75, 3.05) is 39.3 Å². The van der Waals surface area contributed by atoms with Crippen LogP contribution in [-0.4, -0.2) is 69.8 Å². The Morgan fingerprint density at radius 2 is 1.43 bits per heavy atom. The molecule has 6 nitrogen and oxygen atoms in total. The number of H-pyrrole nitrogens is 1.